The first kappa shape index (κ1) is 128. The molecule has 0 aliphatic rings. The maximum Gasteiger partial charge on any atom is 0.125 e. The third-order valence-corrected chi connectivity index (χ3v) is 9.38. The Labute approximate surface area is 598 Å². The molecule has 9 rings (SSSR count). The van der Waals surface area contributed by atoms with Gasteiger partial charge in [0.15, 0.2) is 0 Å². The highest BCUT2D eigenvalue weighted by atomic mass is 32.1. The van der Waals surface area contributed by atoms with Crippen LogP contribution in [-0.4, -0.2) is 44.9 Å². The lowest BCUT2D eigenvalue weighted by atomic mass is 10.3. The van der Waals surface area contributed by atoms with E-state index in [4.69, 9.17) is 0 Å². The van der Waals surface area contributed by atoms with E-state index in [1.807, 2.05) is 354 Å². The fourth-order valence-electron chi connectivity index (χ4n) is 3.71. The molecule has 9 nitrogen and oxygen atoms in total. The summed E-state index contributed by atoms with van der Waals surface area (Å²) in [6.45, 7) is 84.3. The number of pyridine rings is 3. The Hall–Kier alpha value is -6.69. The normalized spacial score (nSPS) is 6.83. The molecule has 0 spiro atoms. The van der Waals surface area contributed by atoms with E-state index in [0.717, 1.165) is 22.8 Å². The Bertz CT molecular complexity index is 1900. The molecule has 0 amide bonds. The van der Waals surface area contributed by atoms with Gasteiger partial charge in [0.2, 0.25) is 0 Å². The largest absolute Gasteiger partial charge is 0.265 e. The average Bonchev–Trinajstić information content (AvgIpc) is 3.84. The van der Waals surface area contributed by atoms with E-state index in [1.165, 1.54) is 44.7 Å². The molecule has 0 bridgehead atoms. The van der Waals surface area contributed by atoms with Crippen molar-refractivity contribution in [1.82, 2.24) is 44.9 Å². The van der Waals surface area contributed by atoms with Gasteiger partial charge in [-0.15, -0.1) is 22.7 Å². The average molecular weight is 1350 g/mol. The predicted molar refractivity (Wildman–Crippen MR) is 443 cm³/mol. The van der Waals surface area contributed by atoms with Crippen molar-refractivity contribution in [3.8, 4) is 0 Å². The number of hydrogen-bond donors (Lipinski definition) is 0. The van der Waals surface area contributed by atoms with E-state index in [1.54, 1.807) is 84.5 Å². The summed E-state index contributed by atoms with van der Waals surface area (Å²) in [4.78, 5) is 37.5. The van der Waals surface area contributed by atoms with E-state index >= 15 is 0 Å². The van der Waals surface area contributed by atoms with Crippen LogP contribution in [0, 0.1) is 69.2 Å². The summed E-state index contributed by atoms with van der Waals surface area (Å²) in [6.07, 6.45) is 20.7. The fourth-order valence-corrected chi connectivity index (χ4v) is 5.17. The summed E-state index contributed by atoms with van der Waals surface area (Å²) in [7, 11) is 0. The van der Waals surface area contributed by atoms with Crippen molar-refractivity contribution in [2.45, 2.75) is 291 Å². The van der Waals surface area contributed by atoms with Crippen LogP contribution in [0.25, 0.3) is 0 Å². The van der Waals surface area contributed by atoms with Crippen molar-refractivity contribution in [3.63, 3.8) is 0 Å². The van der Waals surface area contributed by atoms with E-state index in [2.05, 4.69) is 95.4 Å². The summed E-state index contributed by atoms with van der Waals surface area (Å²) in [5.41, 5.74) is 8.47. The Kier molecular flexibility index (Phi) is 200. The number of benzene rings is 1. The molecule has 8 aromatic heterocycles. The van der Waals surface area contributed by atoms with Crippen molar-refractivity contribution in [3.05, 3.63) is 243 Å². The highest BCUT2D eigenvalue weighted by Crippen LogP contribution is 2.12. The number of aromatic nitrogens is 9. The van der Waals surface area contributed by atoms with Crippen molar-refractivity contribution in [2.75, 3.05) is 0 Å². The second-order valence-corrected chi connectivity index (χ2v) is 15.3. The van der Waals surface area contributed by atoms with E-state index in [9.17, 15) is 0 Å². The number of thiophene rings is 2. The molecule has 0 saturated heterocycles. The van der Waals surface area contributed by atoms with E-state index < -0.39 is 0 Å². The summed E-state index contributed by atoms with van der Waals surface area (Å²) in [5.74, 6) is 0.822. The second-order valence-electron chi connectivity index (χ2n) is 13.1. The molecule has 0 radical (unpaired) electrons. The van der Waals surface area contributed by atoms with Crippen molar-refractivity contribution in [2.24, 2.45) is 0 Å². The molecule has 9 aromatic rings. The number of hydrogen-bond acceptors (Lipinski definition) is 11. The zero-order chi connectivity index (χ0) is 77.5. The minimum Gasteiger partial charge on any atom is -0.265 e. The van der Waals surface area contributed by atoms with Gasteiger partial charge < -0.3 is 0 Å². The van der Waals surface area contributed by atoms with Crippen molar-refractivity contribution < 1.29 is 0 Å². The smallest absolute Gasteiger partial charge is 0.125 e. The molecule has 0 atom stereocenters. The quantitative estimate of drug-likeness (QED) is 0.146. The zero-order valence-electron chi connectivity index (χ0n) is 69.7. The first-order valence-electron chi connectivity index (χ1n) is 35.8. The van der Waals surface area contributed by atoms with Crippen LogP contribution in [0.4, 0.5) is 0 Å². The highest BCUT2D eigenvalue weighted by Gasteiger charge is 1.88. The molecular formula is C83H157N9S2. The second kappa shape index (κ2) is 147. The van der Waals surface area contributed by atoms with Crippen LogP contribution in [0.1, 0.15) is 276 Å². The highest BCUT2D eigenvalue weighted by molar-refractivity contribution is 7.10. The Morgan fingerprint density at radius 3 is 0.713 bits per heavy atom. The molecule has 0 fully saturated rings. The van der Waals surface area contributed by atoms with Crippen LogP contribution >= 0.6 is 22.7 Å². The SMILES string of the molecule is CC.CC.CC.CC.CC.CC.CC.CC.CC.CC.CC.CC.CC.CC.CC.CC.Cc1ccccn1.Cc1cccnc1.Cc1ccncc1.Cc1ccncn1.Cc1ccsc1C.Cc1ccsc1C.Cc1cncnc1.Cc1ncccn1.c1ccccc1. The molecule has 0 saturated carbocycles. The standard InChI is InChI=1S/3C6H7N.2C6H8S.C6H6.3C5H6N2.16C2H6/c1-6-2-4-7-5-3-6;1-6-3-2-4-7-5-6;1-6-4-2-3-5-7-6;2*1-5-3-4-7-6(5)2;1-2-4-6-5-3-1;1-5-2-6-4-7-3-5;1-5-2-3-6-4-7-5;1-5-6-3-2-4-7-5;16*1-2/h3*2-5H,1H3;2*3-4H,1-2H3;1-6H;3*2-4H,1H3;16*1-2H3. The van der Waals surface area contributed by atoms with Crippen molar-refractivity contribution >= 4 is 22.7 Å². The molecule has 546 valence electrons. The predicted octanol–water partition coefficient (Wildman–Crippen LogP) is 29.4. The van der Waals surface area contributed by atoms with Crippen LogP contribution in [0.2, 0.25) is 0 Å². The van der Waals surface area contributed by atoms with E-state index in [-0.39, 0.29) is 0 Å². The molecule has 11 heteroatoms. The van der Waals surface area contributed by atoms with Gasteiger partial charge in [-0.05, 0) is 162 Å². The van der Waals surface area contributed by atoms with Gasteiger partial charge in [-0.3, -0.25) is 15.0 Å². The van der Waals surface area contributed by atoms with Crippen molar-refractivity contribution in [1.29, 1.82) is 0 Å². The van der Waals surface area contributed by atoms with Gasteiger partial charge in [0, 0.05) is 83.1 Å². The molecule has 0 N–H and O–H groups in total. The summed E-state index contributed by atoms with van der Waals surface area (Å²) < 4.78 is 0. The molecular weight excluding hydrogens is 1190 g/mol. The summed E-state index contributed by atoms with van der Waals surface area (Å²) in [6, 6.07) is 33.7. The molecule has 0 aliphatic heterocycles. The Morgan fingerprint density at radius 1 is 0.223 bits per heavy atom. The fraction of sp³-hybridized carbons (Fsp3) is 0.506. The Morgan fingerprint density at radius 2 is 0.564 bits per heavy atom. The summed E-state index contributed by atoms with van der Waals surface area (Å²) in [5, 5.41) is 4.23. The minimum absolute atomic E-state index is 0.822. The lowest BCUT2D eigenvalue weighted by Crippen LogP contribution is -1.80. The third-order valence-electron chi connectivity index (χ3n) is 7.49. The van der Waals surface area contributed by atoms with Gasteiger partial charge in [-0.25, -0.2) is 29.9 Å². The summed E-state index contributed by atoms with van der Waals surface area (Å²) >= 11 is 3.61. The van der Waals surface area contributed by atoms with Gasteiger partial charge in [0.1, 0.15) is 18.5 Å². The number of rotatable bonds is 0. The lowest BCUT2D eigenvalue weighted by molar-refractivity contribution is 1.05. The van der Waals surface area contributed by atoms with Gasteiger partial charge in [-0.2, -0.15) is 0 Å². The molecule has 0 unspecified atom stereocenters. The maximum absolute atomic E-state index is 3.98. The monoisotopic (exact) mass is 1340 g/mol. The third kappa shape index (κ3) is 134. The Balaban J connectivity index is -0.0000000494. The van der Waals surface area contributed by atoms with Gasteiger partial charge >= 0.3 is 0 Å². The van der Waals surface area contributed by atoms with Gasteiger partial charge in [-0.1, -0.05) is 270 Å². The minimum atomic E-state index is 0.822. The van der Waals surface area contributed by atoms with Gasteiger partial charge in [0.25, 0.3) is 0 Å². The van der Waals surface area contributed by atoms with E-state index in [0.29, 0.717) is 0 Å². The van der Waals surface area contributed by atoms with Gasteiger partial charge in [0.05, 0.1) is 0 Å². The molecule has 0 aliphatic carbocycles. The topological polar surface area (TPSA) is 116 Å². The molecule has 1 aromatic carbocycles. The molecule has 8 heterocycles. The molecule has 94 heavy (non-hydrogen) atoms. The number of aryl methyl sites for hydroxylation is 10. The van der Waals surface area contributed by atoms with Crippen LogP contribution in [0.3, 0.4) is 0 Å². The van der Waals surface area contributed by atoms with Crippen LogP contribution < -0.4 is 0 Å². The lowest BCUT2D eigenvalue weighted by Gasteiger charge is -1.82. The number of nitrogens with zero attached hydrogens (tertiary/aromatic N) is 9. The van der Waals surface area contributed by atoms with Crippen LogP contribution in [-0.2, 0) is 0 Å². The van der Waals surface area contributed by atoms with Crippen LogP contribution in [0.15, 0.2) is 189 Å². The first-order chi connectivity index (χ1) is 46.0. The first-order valence-corrected chi connectivity index (χ1v) is 37.5. The van der Waals surface area contributed by atoms with Crippen LogP contribution in [0.5, 0.6) is 0 Å². The maximum atomic E-state index is 3.98. The zero-order valence-corrected chi connectivity index (χ0v) is 71.4.